The minimum absolute atomic E-state index is 0.750. The highest BCUT2D eigenvalue weighted by molar-refractivity contribution is 5.62. The topological polar surface area (TPSA) is 70.5 Å². The number of amides is 1. The van der Waals surface area contributed by atoms with Crippen LogP contribution in [0.15, 0.2) is 30.6 Å². The zero-order chi connectivity index (χ0) is 12.1. The Morgan fingerprint density at radius 2 is 1.60 bits per heavy atom. The largest absolute Gasteiger partial charge is 0.481 e. The number of pyridine rings is 1. The zero-order valence-electron chi connectivity index (χ0n) is 9.12. The lowest BCUT2D eigenvalue weighted by Gasteiger charge is -1.93. The van der Waals surface area contributed by atoms with Gasteiger partial charge in [0.1, 0.15) is 0 Å². The van der Waals surface area contributed by atoms with Crippen molar-refractivity contribution < 1.29 is 14.7 Å². The van der Waals surface area contributed by atoms with Gasteiger partial charge < -0.3 is 10.0 Å². The van der Waals surface area contributed by atoms with Crippen LogP contribution in [-0.4, -0.2) is 41.5 Å². The quantitative estimate of drug-likeness (QED) is 0.701. The number of carbonyl (C=O) groups excluding carboxylic acids is 1. The molecule has 0 fully saturated rings. The van der Waals surface area contributed by atoms with Crippen LogP contribution >= 0.6 is 0 Å². The van der Waals surface area contributed by atoms with E-state index in [1.807, 2.05) is 18.2 Å². The fourth-order valence-corrected chi connectivity index (χ4v) is 0.313. The SMILES string of the molecule is CC(=O)O.CN(C)C=O.c1ccncc1. The highest BCUT2D eigenvalue weighted by Gasteiger charge is 1.68. The summed E-state index contributed by atoms with van der Waals surface area (Å²) in [5.41, 5.74) is 0. The van der Waals surface area contributed by atoms with E-state index in [1.165, 1.54) is 4.90 Å². The fourth-order valence-electron chi connectivity index (χ4n) is 0.313. The minimum Gasteiger partial charge on any atom is -0.481 e. The molecule has 15 heavy (non-hydrogen) atoms. The van der Waals surface area contributed by atoms with E-state index in [0.29, 0.717) is 0 Å². The smallest absolute Gasteiger partial charge is 0.300 e. The molecule has 0 atom stereocenters. The van der Waals surface area contributed by atoms with E-state index in [2.05, 4.69) is 4.98 Å². The van der Waals surface area contributed by atoms with Crippen LogP contribution in [0.2, 0.25) is 0 Å². The van der Waals surface area contributed by atoms with Gasteiger partial charge in [0.15, 0.2) is 0 Å². The Balaban J connectivity index is 0. The summed E-state index contributed by atoms with van der Waals surface area (Å²) in [6, 6.07) is 5.72. The van der Waals surface area contributed by atoms with E-state index >= 15 is 0 Å². The lowest BCUT2D eigenvalue weighted by Crippen LogP contribution is -2.06. The Bertz CT molecular complexity index is 219. The second kappa shape index (κ2) is 12.1. The maximum Gasteiger partial charge on any atom is 0.300 e. The molecular weight excluding hydrogens is 196 g/mol. The maximum absolute atomic E-state index is 9.43. The predicted molar refractivity (Wildman–Crippen MR) is 57.3 cm³/mol. The van der Waals surface area contributed by atoms with Crippen LogP contribution in [0.4, 0.5) is 0 Å². The Morgan fingerprint density at radius 1 is 1.27 bits per heavy atom. The summed E-state index contributed by atoms with van der Waals surface area (Å²) >= 11 is 0. The van der Waals surface area contributed by atoms with E-state index in [0.717, 1.165) is 13.3 Å². The van der Waals surface area contributed by atoms with Crippen LogP contribution in [-0.2, 0) is 9.59 Å². The molecule has 1 rings (SSSR count). The van der Waals surface area contributed by atoms with Gasteiger partial charge in [0.2, 0.25) is 6.41 Å². The molecule has 84 valence electrons. The molecule has 1 N–H and O–H groups in total. The summed E-state index contributed by atoms with van der Waals surface area (Å²) in [5, 5.41) is 7.42. The van der Waals surface area contributed by atoms with E-state index < -0.39 is 5.97 Å². The molecule has 0 aliphatic heterocycles. The number of carboxylic acid groups (broad SMARTS) is 1. The van der Waals surface area contributed by atoms with Gasteiger partial charge in [-0.05, 0) is 12.1 Å². The summed E-state index contributed by atoms with van der Waals surface area (Å²) in [7, 11) is 3.38. The maximum atomic E-state index is 9.43. The van der Waals surface area contributed by atoms with Crippen LogP contribution in [0.3, 0.4) is 0 Å². The standard InChI is InChI=1S/C5H5N.C3H7NO.C2H4O2/c1-2-4-6-5-3-1;1-4(2)3-5;1-2(3)4/h1-5H;3H,1-2H3;1H3,(H,3,4). The monoisotopic (exact) mass is 212 g/mol. The highest BCUT2D eigenvalue weighted by atomic mass is 16.4. The van der Waals surface area contributed by atoms with Gasteiger partial charge in [-0.15, -0.1) is 0 Å². The van der Waals surface area contributed by atoms with Crippen molar-refractivity contribution in [3.63, 3.8) is 0 Å². The highest BCUT2D eigenvalue weighted by Crippen LogP contribution is 1.73. The van der Waals surface area contributed by atoms with Gasteiger partial charge in [-0.25, -0.2) is 0 Å². The number of hydrogen-bond donors (Lipinski definition) is 1. The van der Waals surface area contributed by atoms with Crippen LogP contribution in [0.1, 0.15) is 6.92 Å². The number of carbonyl (C=O) groups is 2. The third-order valence-corrected chi connectivity index (χ3v) is 0.777. The molecule has 1 amide bonds. The van der Waals surface area contributed by atoms with E-state index in [1.54, 1.807) is 26.5 Å². The molecule has 5 nitrogen and oxygen atoms in total. The van der Waals surface area contributed by atoms with Crippen LogP contribution in [0.25, 0.3) is 0 Å². The molecule has 5 heteroatoms. The second-order valence-corrected chi connectivity index (χ2v) is 2.61. The first-order chi connectivity index (χ1) is 7.00. The molecule has 0 aliphatic carbocycles. The summed E-state index contributed by atoms with van der Waals surface area (Å²) in [4.78, 5) is 23.7. The van der Waals surface area contributed by atoms with E-state index in [9.17, 15) is 4.79 Å². The number of carboxylic acids is 1. The van der Waals surface area contributed by atoms with Crippen LogP contribution in [0.5, 0.6) is 0 Å². The summed E-state index contributed by atoms with van der Waals surface area (Å²) in [6.45, 7) is 1.08. The molecule has 1 aromatic rings. The van der Waals surface area contributed by atoms with Crippen molar-refractivity contribution in [3.05, 3.63) is 30.6 Å². The molecule has 0 unspecified atom stereocenters. The van der Waals surface area contributed by atoms with Crippen molar-refractivity contribution in [2.24, 2.45) is 0 Å². The van der Waals surface area contributed by atoms with Crippen molar-refractivity contribution in [1.82, 2.24) is 9.88 Å². The molecule has 0 spiro atoms. The molecule has 0 saturated heterocycles. The molecule has 0 radical (unpaired) electrons. The number of nitrogens with zero attached hydrogens (tertiary/aromatic N) is 2. The van der Waals surface area contributed by atoms with E-state index in [4.69, 9.17) is 9.90 Å². The summed E-state index contributed by atoms with van der Waals surface area (Å²) < 4.78 is 0. The molecule has 0 bridgehead atoms. The predicted octanol–water partition coefficient (Wildman–Crippen LogP) is 0.877. The lowest BCUT2D eigenvalue weighted by atomic mass is 10.5. The van der Waals surface area contributed by atoms with Gasteiger partial charge in [0, 0.05) is 33.4 Å². The Morgan fingerprint density at radius 3 is 1.67 bits per heavy atom. The van der Waals surface area contributed by atoms with Gasteiger partial charge in [-0.3, -0.25) is 14.6 Å². The first kappa shape index (κ1) is 15.6. The van der Waals surface area contributed by atoms with Gasteiger partial charge >= 0.3 is 0 Å². The van der Waals surface area contributed by atoms with Gasteiger partial charge in [-0.1, -0.05) is 6.07 Å². The first-order valence-electron chi connectivity index (χ1n) is 4.17. The molecule has 1 aromatic heterocycles. The first-order valence-corrected chi connectivity index (χ1v) is 4.17. The van der Waals surface area contributed by atoms with Gasteiger partial charge in [-0.2, -0.15) is 0 Å². The third-order valence-electron chi connectivity index (χ3n) is 0.777. The normalized spacial score (nSPS) is 7.13. The van der Waals surface area contributed by atoms with Crippen LogP contribution < -0.4 is 0 Å². The van der Waals surface area contributed by atoms with Crippen molar-refractivity contribution in [2.45, 2.75) is 6.92 Å². The molecule has 0 aliphatic rings. The Hall–Kier alpha value is -1.91. The number of aliphatic carboxylic acids is 1. The van der Waals surface area contributed by atoms with Crippen LogP contribution in [0, 0.1) is 0 Å². The van der Waals surface area contributed by atoms with Crippen molar-refractivity contribution >= 4 is 12.4 Å². The van der Waals surface area contributed by atoms with Gasteiger partial charge in [0.25, 0.3) is 5.97 Å². The zero-order valence-corrected chi connectivity index (χ0v) is 9.12. The molecule has 0 saturated carbocycles. The molecule has 0 aromatic carbocycles. The molecule has 1 heterocycles. The number of rotatable bonds is 1. The fraction of sp³-hybridized carbons (Fsp3) is 0.300. The average Bonchev–Trinajstić information content (AvgIpc) is 2.20. The molecular formula is C10H16N2O3. The average molecular weight is 212 g/mol. The van der Waals surface area contributed by atoms with Crippen molar-refractivity contribution in [3.8, 4) is 0 Å². The summed E-state index contributed by atoms with van der Waals surface area (Å²) in [6.07, 6.45) is 4.25. The number of aromatic nitrogens is 1. The third kappa shape index (κ3) is 33.2. The summed E-state index contributed by atoms with van der Waals surface area (Å²) in [5.74, 6) is -0.833. The Kier molecular flexibility index (Phi) is 12.5. The van der Waals surface area contributed by atoms with Crippen molar-refractivity contribution in [1.29, 1.82) is 0 Å². The Labute approximate surface area is 89.4 Å². The second-order valence-electron chi connectivity index (χ2n) is 2.61. The minimum atomic E-state index is -0.833. The van der Waals surface area contributed by atoms with E-state index in [-0.39, 0.29) is 0 Å². The van der Waals surface area contributed by atoms with Crippen molar-refractivity contribution in [2.75, 3.05) is 14.1 Å². The lowest BCUT2D eigenvalue weighted by molar-refractivity contribution is -0.134. The number of hydrogen-bond acceptors (Lipinski definition) is 3. The van der Waals surface area contributed by atoms with Gasteiger partial charge in [0.05, 0.1) is 0 Å².